The summed E-state index contributed by atoms with van der Waals surface area (Å²) in [5, 5.41) is 0. The smallest absolute Gasteiger partial charge is 0.223 e. The van der Waals surface area contributed by atoms with Crippen LogP contribution in [0, 0.1) is 5.41 Å². The molecule has 4 nitrogen and oxygen atoms in total. The van der Waals surface area contributed by atoms with Gasteiger partial charge in [0, 0.05) is 11.8 Å². The predicted molar refractivity (Wildman–Crippen MR) is 65.1 cm³/mol. The predicted octanol–water partition coefficient (Wildman–Crippen LogP) is 1.39. The van der Waals surface area contributed by atoms with E-state index in [-0.39, 0.29) is 36.6 Å². The highest BCUT2D eigenvalue weighted by Gasteiger charge is 2.23. The summed E-state index contributed by atoms with van der Waals surface area (Å²) in [5.41, 5.74) is 9.68. The maximum atomic E-state index is 10.9. The Bertz CT molecular complexity index is 208. The van der Waals surface area contributed by atoms with Crippen molar-refractivity contribution in [2.75, 3.05) is 0 Å². The Morgan fingerprint density at radius 2 is 1.53 bits per heavy atom. The lowest BCUT2D eigenvalue weighted by molar-refractivity contribution is -0.126. The summed E-state index contributed by atoms with van der Waals surface area (Å²) in [6.45, 7) is 3.61. The summed E-state index contributed by atoms with van der Waals surface area (Å²) in [6, 6.07) is 0. The van der Waals surface area contributed by atoms with Crippen LogP contribution >= 0.6 is 24.8 Å². The van der Waals surface area contributed by atoms with Gasteiger partial charge in [0.1, 0.15) is 0 Å². The van der Waals surface area contributed by atoms with Crippen LogP contribution in [-0.2, 0) is 9.59 Å². The molecule has 0 saturated heterocycles. The molecule has 92 valence electrons. The molecule has 0 aliphatic heterocycles. The molecular formula is C9H20Cl2N2O2. The van der Waals surface area contributed by atoms with Crippen molar-refractivity contribution in [1.29, 1.82) is 0 Å². The summed E-state index contributed by atoms with van der Waals surface area (Å²) in [6.07, 6.45) is 2.62. The van der Waals surface area contributed by atoms with Crippen LogP contribution < -0.4 is 11.5 Å². The van der Waals surface area contributed by atoms with E-state index >= 15 is 0 Å². The van der Waals surface area contributed by atoms with E-state index in [0.29, 0.717) is 12.8 Å². The third kappa shape index (κ3) is 9.82. The number of amides is 2. The molecule has 0 aliphatic carbocycles. The molecule has 15 heavy (non-hydrogen) atoms. The molecule has 0 atom stereocenters. The topological polar surface area (TPSA) is 86.2 Å². The van der Waals surface area contributed by atoms with Crippen LogP contribution in [0.1, 0.15) is 39.5 Å². The third-order valence-corrected chi connectivity index (χ3v) is 2.14. The maximum Gasteiger partial charge on any atom is 0.223 e. The minimum atomic E-state index is -0.475. The lowest BCUT2D eigenvalue weighted by Crippen LogP contribution is -2.31. The van der Waals surface area contributed by atoms with Crippen LogP contribution in [0.5, 0.6) is 0 Å². The van der Waals surface area contributed by atoms with E-state index in [1.165, 1.54) is 0 Å². The number of carbonyl (C=O) groups excluding carboxylic acids is 2. The van der Waals surface area contributed by atoms with Crippen LogP contribution in [-0.4, -0.2) is 11.8 Å². The van der Waals surface area contributed by atoms with Gasteiger partial charge in [0.25, 0.3) is 0 Å². The summed E-state index contributed by atoms with van der Waals surface area (Å²) < 4.78 is 0. The molecule has 2 amide bonds. The number of carbonyl (C=O) groups is 2. The van der Waals surface area contributed by atoms with Gasteiger partial charge in [-0.3, -0.25) is 9.59 Å². The number of rotatable bonds is 6. The number of nitrogens with two attached hydrogens (primary N) is 2. The second-order valence-corrected chi connectivity index (χ2v) is 3.92. The second kappa shape index (κ2) is 8.80. The molecular weight excluding hydrogens is 239 g/mol. The van der Waals surface area contributed by atoms with E-state index in [2.05, 4.69) is 0 Å². The first-order chi connectivity index (χ1) is 5.86. The lowest BCUT2D eigenvalue weighted by Gasteiger charge is -2.19. The first-order valence-electron chi connectivity index (χ1n) is 4.44. The van der Waals surface area contributed by atoms with Gasteiger partial charge in [0.2, 0.25) is 11.8 Å². The fourth-order valence-corrected chi connectivity index (χ4v) is 0.989. The van der Waals surface area contributed by atoms with Crippen LogP contribution in [0.3, 0.4) is 0 Å². The molecule has 0 bridgehead atoms. The molecule has 0 radical (unpaired) electrons. The van der Waals surface area contributed by atoms with Gasteiger partial charge in [-0.2, -0.15) is 0 Å². The van der Waals surface area contributed by atoms with E-state index in [1.54, 1.807) is 13.8 Å². The SMILES string of the molecule is CC(C)(CCCCC(N)=O)C(N)=O.Cl.Cl. The zero-order chi connectivity index (χ0) is 10.5. The first-order valence-corrected chi connectivity index (χ1v) is 4.44. The molecule has 0 aromatic rings. The van der Waals surface area contributed by atoms with Crippen LogP contribution in [0.25, 0.3) is 0 Å². The van der Waals surface area contributed by atoms with Gasteiger partial charge in [-0.25, -0.2) is 0 Å². The molecule has 0 spiro atoms. The lowest BCUT2D eigenvalue weighted by atomic mass is 9.86. The summed E-state index contributed by atoms with van der Waals surface area (Å²) in [7, 11) is 0. The normalized spacial score (nSPS) is 9.73. The Morgan fingerprint density at radius 1 is 1.07 bits per heavy atom. The number of hydrogen-bond donors (Lipinski definition) is 2. The van der Waals surface area contributed by atoms with Crippen molar-refractivity contribution in [3.8, 4) is 0 Å². The van der Waals surface area contributed by atoms with Crippen molar-refractivity contribution >= 4 is 36.6 Å². The summed E-state index contributed by atoms with van der Waals surface area (Å²) in [5.74, 6) is -0.594. The van der Waals surface area contributed by atoms with Crippen LogP contribution in [0.15, 0.2) is 0 Å². The van der Waals surface area contributed by atoms with E-state index in [1.807, 2.05) is 0 Å². The molecule has 0 unspecified atom stereocenters. The Morgan fingerprint density at radius 3 is 1.87 bits per heavy atom. The third-order valence-electron chi connectivity index (χ3n) is 2.14. The highest BCUT2D eigenvalue weighted by molar-refractivity contribution is 5.85. The summed E-state index contributed by atoms with van der Waals surface area (Å²) >= 11 is 0. The Hall–Kier alpha value is -0.480. The zero-order valence-electron chi connectivity index (χ0n) is 9.12. The van der Waals surface area contributed by atoms with Crippen molar-refractivity contribution in [2.24, 2.45) is 16.9 Å². The summed E-state index contributed by atoms with van der Waals surface area (Å²) in [4.78, 5) is 21.3. The van der Waals surface area contributed by atoms with Crippen molar-refractivity contribution in [3.05, 3.63) is 0 Å². The van der Waals surface area contributed by atoms with Gasteiger partial charge in [0.15, 0.2) is 0 Å². The highest BCUT2D eigenvalue weighted by Crippen LogP contribution is 2.22. The van der Waals surface area contributed by atoms with Gasteiger partial charge in [-0.15, -0.1) is 24.8 Å². The number of halogens is 2. The number of hydrogen-bond acceptors (Lipinski definition) is 2. The quantitative estimate of drug-likeness (QED) is 0.706. The minimum Gasteiger partial charge on any atom is -0.370 e. The molecule has 0 saturated carbocycles. The van der Waals surface area contributed by atoms with E-state index in [9.17, 15) is 9.59 Å². The Kier molecular flexibility index (Phi) is 11.7. The molecule has 4 N–H and O–H groups in total. The first kappa shape index (κ1) is 20.0. The van der Waals surface area contributed by atoms with Crippen molar-refractivity contribution in [2.45, 2.75) is 39.5 Å². The molecule has 0 rings (SSSR count). The molecule has 0 heterocycles. The highest BCUT2D eigenvalue weighted by atomic mass is 35.5. The number of primary amides is 2. The van der Waals surface area contributed by atoms with Gasteiger partial charge in [-0.05, 0) is 12.8 Å². The standard InChI is InChI=1S/C9H18N2O2.2ClH/c1-9(2,8(11)13)6-4-3-5-7(10)12;;/h3-6H2,1-2H3,(H2,10,12)(H2,11,13);2*1H. The maximum absolute atomic E-state index is 10.9. The van der Waals surface area contributed by atoms with E-state index in [4.69, 9.17) is 11.5 Å². The van der Waals surface area contributed by atoms with Crippen molar-refractivity contribution < 1.29 is 9.59 Å². The van der Waals surface area contributed by atoms with Crippen LogP contribution in [0.4, 0.5) is 0 Å². The fraction of sp³-hybridized carbons (Fsp3) is 0.778. The largest absolute Gasteiger partial charge is 0.370 e. The van der Waals surface area contributed by atoms with E-state index < -0.39 is 5.41 Å². The average Bonchev–Trinajstić information content (AvgIpc) is 1.97. The monoisotopic (exact) mass is 258 g/mol. The Balaban J connectivity index is -0.000000720. The molecule has 0 aliphatic rings. The molecule has 0 aromatic carbocycles. The van der Waals surface area contributed by atoms with E-state index in [0.717, 1.165) is 12.8 Å². The van der Waals surface area contributed by atoms with Crippen LogP contribution in [0.2, 0.25) is 0 Å². The van der Waals surface area contributed by atoms with Gasteiger partial charge < -0.3 is 11.5 Å². The number of unbranched alkanes of at least 4 members (excludes halogenated alkanes) is 1. The van der Waals surface area contributed by atoms with Gasteiger partial charge in [0.05, 0.1) is 0 Å². The molecule has 6 heteroatoms. The average molecular weight is 259 g/mol. The minimum absolute atomic E-state index is 0. The van der Waals surface area contributed by atoms with Crippen molar-refractivity contribution in [3.63, 3.8) is 0 Å². The van der Waals surface area contributed by atoms with Gasteiger partial charge in [-0.1, -0.05) is 20.3 Å². The van der Waals surface area contributed by atoms with Gasteiger partial charge >= 0.3 is 0 Å². The van der Waals surface area contributed by atoms with Crippen molar-refractivity contribution in [1.82, 2.24) is 0 Å². The zero-order valence-corrected chi connectivity index (χ0v) is 10.7. The Labute approximate surface area is 103 Å². The molecule has 0 aromatic heterocycles. The second-order valence-electron chi connectivity index (χ2n) is 3.92. The molecule has 0 fully saturated rings. The fourth-order valence-electron chi connectivity index (χ4n) is 0.989.